The maximum Gasteiger partial charge on any atom is 0.452 e. The van der Waals surface area contributed by atoms with Crippen LogP contribution in [0.5, 0.6) is 0 Å². The molecule has 3 amide bonds. The van der Waals surface area contributed by atoms with E-state index in [1.54, 1.807) is 88.4 Å². The Balaban J connectivity index is 2.30. The molecule has 0 aliphatic carbocycles. The molecule has 0 radical (unpaired) electrons. The van der Waals surface area contributed by atoms with Gasteiger partial charge in [0.1, 0.15) is 12.1 Å². The van der Waals surface area contributed by atoms with Gasteiger partial charge >= 0.3 is 6.18 Å². The molecule has 2 aromatic carbocycles. The molecule has 0 saturated heterocycles. The number of benzene rings is 2. The minimum Gasteiger partial charge on any atom is -0.304 e. The number of halogens is 3. The second-order valence-electron chi connectivity index (χ2n) is 10.1. The molecule has 1 aliphatic heterocycles. The van der Waals surface area contributed by atoms with Gasteiger partial charge in [0.05, 0.1) is 5.70 Å². The largest absolute Gasteiger partial charge is 0.452 e. The number of nitrogens with zero attached hydrogens (tertiary/aromatic N) is 3. The normalized spacial score (nSPS) is 16.8. The lowest BCUT2D eigenvalue weighted by molar-refractivity contribution is -0.187. The second kappa shape index (κ2) is 11.8. The maximum atomic E-state index is 14.2. The SMILES string of the molecule is CC(=O)N(C(Cc1ccccc1)C(=O)C(F)(F)F)N1C(=O)[C@@H](C(C)C)N(C(=O)C(C)C)C=C1c1ccccc1. The van der Waals surface area contributed by atoms with Crippen LogP contribution < -0.4 is 0 Å². The van der Waals surface area contributed by atoms with Crippen LogP contribution in [0.3, 0.4) is 0 Å². The summed E-state index contributed by atoms with van der Waals surface area (Å²) in [5.74, 6) is -5.20. The number of carbonyl (C=O) groups excluding carboxylic acids is 4. The third-order valence-electron chi connectivity index (χ3n) is 6.39. The minimum atomic E-state index is -5.28. The van der Waals surface area contributed by atoms with Gasteiger partial charge in [0.25, 0.3) is 11.7 Å². The van der Waals surface area contributed by atoms with Crippen molar-refractivity contribution in [3.63, 3.8) is 0 Å². The lowest BCUT2D eigenvalue weighted by Gasteiger charge is -2.47. The number of amides is 3. The Bertz CT molecular complexity index is 1240. The summed E-state index contributed by atoms with van der Waals surface area (Å²) in [6.07, 6.45) is -4.37. The van der Waals surface area contributed by atoms with Gasteiger partial charge in [-0.3, -0.25) is 19.2 Å². The van der Waals surface area contributed by atoms with Gasteiger partial charge in [-0.25, -0.2) is 10.0 Å². The number of hydrazine groups is 1. The molecule has 0 aromatic heterocycles. The van der Waals surface area contributed by atoms with Gasteiger partial charge in [0.15, 0.2) is 0 Å². The van der Waals surface area contributed by atoms with Crippen molar-refractivity contribution in [1.82, 2.24) is 14.9 Å². The molecule has 7 nitrogen and oxygen atoms in total. The monoisotopic (exact) mass is 543 g/mol. The van der Waals surface area contributed by atoms with Crippen LogP contribution in [0.1, 0.15) is 45.7 Å². The van der Waals surface area contributed by atoms with Gasteiger partial charge in [-0.05, 0) is 11.5 Å². The fourth-order valence-corrected chi connectivity index (χ4v) is 4.58. The van der Waals surface area contributed by atoms with Gasteiger partial charge in [0, 0.05) is 31.0 Å². The molecule has 1 heterocycles. The van der Waals surface area contributed by atoms with Gasteiger partial charge in [0.2, 0.25) is 11.8 Å². The molecule has 0 N–H and O–H groups in total. The highest BCUT2D eigenvalue weighted by atomic mass is 19.4. The van der Waals surface area contributed by atoms with E-state index in [1.165, 1.54) is 11.1 Å². The van der Waals surface area contributed by atoms with E-state index >= 15 is 0 Å². The van der Waals surface area contributed by atoms with Crippen molar-refractivity contribution < 1.29 is 32.3 Å². The minimum absolute atomic E-state index is 0.00901. The van der Waals surface area contributed by atoms with Crippen LogP contribution in [0.4, 0.5) is 13.2 Å². The van der Waals surface area contributed by atoms with Gasteiger partial charge < -0.3 is 4.90 Å². The van der Waals surface area contributed by atoms with Gasteiger partial charge in [-0.15, -0.1) is 0 Å². The summed E-state index contributed by atoms with van der Waals surface area (Å²) in [7, 11) is 0. The second-order valence-corrected chi connectivity index (χ2v) is 10.1. The maximum absolute atomic E-state index is 14.2. The van der Waals surface area contributed by atoms with Crippen molar-refractivity contribution in [3.05, 3.63) is 78.0 Å². The van der Waals surface area contributed by atoms with Crippen molar-refractivity contribution in [2.24, 2.45) is 11.8 Å². The first kappa shape index (κ1) is 29.6. The first-order valence-corrected chi connectivity index (χ1v) is 12.6. The molecule has 2 aromatic rings. The molecule has 1 aliphatic rings. The number of carbonyl (C=O) groups is 4. The standard InChI is InChI=1S/C29H32F3N3O4/c1-18(2)25-28(39)35(24(22-14-10-7-11-15-22)17-33(25)27(38)19(3)4)34(20(5)36)23(26(37)29(30,31)32)16-21-12-8-6-9-13-21/h6-15,17-19,23,25H,16H2,1-5H3/t23?,25-/m1/s1. The van der Waals surface area contributed by atoms with E-state index in [0.717, 1.165) is 11.9 Å². The zero-order chi connectivity index (χ0) is 29.1. The quantitative estimate of drug-likeness (QED) is 0.477. The molecule has 0 saturated carbocycles. The zero-order valence-electron chi connectivity index (χ0n) is 22.5. The van der Waals surface area contributed by atoms with Gasteiger partial charge in [-0.1, -0.05) is 88.4 Å². The van der Waals surface area contributed by atoms with Crippen LogP contribution >= 0.6 is 0 Å². The first-order valence-electron chi connectivity index (χ1n) is 12.6. The number of hydrogen-bond donors (Lipinski definition) is 0. The Labute approximate surface area is 225 Å². The van der Waals surface area contributed by atoms with E-state index < -0.39 is 54.1 Å². The molecular formula is C29H32F3N3O4. The first-order chi connectivity index (χ1) is 18.3. The number of rotatable bonds is 8. The van der Waals surface area contributed by atoms with Crippen LogP contribution in [0, 0.1) is 11.8 Å². The topological polar surface area (TPSA) is 78.0 Å². The van der Waals surface area contributed by atoms with Crippen molar-refractivity contribution in [1.29, 1.82) is 0 Å². The van der Waals surface area contributed by atoms with E-state index in [1.807, 2.05) is 0 Å². The predicted molar refractivity (Wildman–Crippen MR) is 139 cm³/mol. The molecule has 0 spiro atoms. The summed E-state index contributed by atoms with van der Waals surface area (Å²) in [5.41, 5.74) is 0.756. The number of hydrogen-bond acceptors (Lipinski definition) is 4. The van der Waals surface area contributed by atoms with Gasteiger partial charge in [-0.2, -0.15) is 13.2 Å². The van der Waals surface area contributed by atoms with Crippen LogP contribution in [-0.4, -0.2) is 56.7 Å². The van der Waals surface area contributed by atoms with Crippen LogP contribution in [-0.2, 0) is 25.6 Å². The smallest absolute Gasteiger partial charge is 0.304 e. The number of ketones is 1. The summed E-state index contributed by atoms with van der Waals surface area (Å²) < 4.78 is 41.7. The average molecular weight is 544 g/mol. The van der Waals surface area contributed by atoms with Crippen LogP contribution in [0.25, 0.3) is 5.70 Å². The molecule has 3 rings (SSSR count). The fourth-order valence-electron chi connectivity index (χ4n) is 4.58. The third kappa shape index (κ3) is 6.38. The molecule has 0 fully saturated rings. The van der Waals surface area contributed by atoms with Crippen molar-refractivity contribution >= 4 is 29.2 Å². The number of Topliss-reactive ketones (excluding diaryl/α,β-unsaturated/α-hetero) is 1. The highest BCUT2D eigenvalue weighted by molar-refractivity contribution is 6.00. The summed E-state index contributed by atoms with van der Waals surface area (Å²) in [5, 5.41) is 1.44. The van der Waals surface area contributed by atoms with E-state index in [9.17, 15) is 32.3 Å². The third-order valence-corrected chi connectivity index (χ3v) is 6.39. The molecule has 10 heteroatoms. The number of alkyl halides is 3. The van der Waals surface area contributed by atoms with Crippen molar-refractivity contribution in [3.8, 4) is 0 Å². The Hall–Kier alpha value is -3.95. The zero-order valence-corrected chi connectivity index (χ0v) is 22.5. The summed E-state index contributed by atoms with van der Waals surface area (Å²) >= 11 is 0. The Kier molecular flexibility index (Phi) is 8.99. The lowest BCUT2D eigenvalue weighted by Crippen LogP contribution is -2.64. The molecule has 0 bridgehead atoms. The van der Waals surface area contributed by atoms with E-state index in [-0.39, 0.29) is 11.6 Å². The highest BCUT2D eigenvalue weighted by Crippen LogP contribution is 2.35. The van der Waals surface area contributed by atoms with E-state index in [0.29, 0.717) is 16.1 Å². The summed E-state index contributed by atoms with van der Waals surface area (Å²) in [6.45, 7) is 7.75. The Morgan fingerprint density at radius 1 is 0.923 bits per heavy atom. The Morgan fingerprint density at radius 3 is 1.92 bits per heavy atom. The average Bonchev–Trinajstić information content (AvgIpc) is 2.88. The summed E-state index contributed by atoms with van der Waals surface area (Å²) in [6, 6.07) is 13.0. The molecule has 2 atom stereocenters. The predicted octanol–water partition coefficient (Wildman–Crippen LogP) is 4.84. The van der Waals surface area contributed by atoms with E-state index in [2.05, 4.69) is 0 Å². The fraction of sp³-hybridized carbons (Fsp3) is 0.379. The highest BCUT2D eigenvalue weighted by Gasteiger charge is 2.51. The van der Waals surface area contributed by atoms with Crippen LogP contribution in [0.2, 0.25) is 0 Å². The lowest BCUT2D eigenvalue weighted by atomic mass is 9.96. The Morgan fingerprint density at radius 2 is 1.46 bits per heavy atom. The van der Waals surface area contributed by atoms with Crippen LogP contribution in [0.15, 0.2) is 66.9 Å². The molecular weight excluding hydrogens is 511 g/mol. The molecule has 39 heavy (non-hydrogen) atoms. The molecule has 208 valence electrons. The van der Waals surface area contributed by atoms with Crippen molar-refractivity contribution in [2.75, 3.05) is 0 Å². The summed E-state index contributed by atoms with van der Waals surface area (Å²) in [4.78, 5) is 54.6. The van der Waals surface area contributed by atoms with E-state index in [4.69, 9.17) is 0 Å². The van der Waals surface area contributed by atoms with Crippen molar-refractivity contribution in [2.45, 2.75) is 59.3 Å². The molecule has 1 unspecified atom stereocenters.